The summed E-state index contributed by atoms with van der Waals surface area (Å²) in [5.41, 5.74) is 0.715. The van der Waals surface area contributed by atoms with Gasteiger partial charge in [-0.15, -0.1) is 0 Å². The second-order valence-corrected chi connectivity index (χ2v) is 6.44. The average molecular weight is 444 g/mol. The highest BCUT2D eigenvalue weighted by atomic mass is 19.3. The Balaban J connectivity index is 1.81. The van der Waals surface area contributed by atoms with Gasteiger partial charge in [-0.2, -0.15) is 8.78 Å². The summed E-state index contributed by atoms with van der Waals surface area (Å²) >= 11 is 0. The van der Waals surface area contributed by atoms with E-state index < -0.39 is 24.2 Å². The Morgan fingerprint density at radius 3 is 2.41 bits per heavy atom. The molecule has 0 bridgehead atoms. The topological polar surface area (TPSA) is 76.7 Å². The first kappa shape index (κ1) is 22.7. The van der Waals surface area contributed by atoms with Gasteiger partial charge in [-0.05, 0) is 55.5 Å². The van der Waals surface area contributed by atoms with Gasteiger partial charge in [0, 0.05) is 11.3 Å². The fourth-order valence-corrected chi connectivity index (χ4v) is 2.86. The van der Waals surface area contributed by atoms with Crippen LogP contribution in [0.4, 0.5) is 24.5 Å². The second-order valence-electron chi connectivity index (χ2n) is 6.44. The number of halogens is 3. The maximum atomic E-state index is 13.4. The number of ether oxygens (including phenoxy) is 2. The molecule has 0 aliphatic heterocycles. The van der Waals surface area contributed by atoms with E-state index in [1.165, 1.54) is 48.5 Å². The molecule has 0 heterocycles. The minimum atomic E-state index is -3.04. The molecule has 0 aliphatic carbocycles. The Labute approximate surface area is 182 Å². The zero-order valence-corrected chi connectivity index (χ0v) is 16.9. The molecule has 166 valence electrons. The number of hydrogen-bond acceptors (Lipinski definition) is 4. The molecule has 0 atom stereocenters. The van der Waals surface area contributed by atoms with E-state index in [1.807, 2.05) is 0 Å². The van der Waals surface area contributed by atoms with Gasteiger partial charge in [-0.1, -0.05) is 18.2 Å². The summed E-state index contributed by atoms with van der Waals surface area (Å²) in [5, 5.41) is 5.18. The summed E-state index contributed by atoms with van der Waals surface area (Å²) in [6, 6.07) is 15.4. The van der Waals surface area contributed by atoms with E-state index in [-0.39, 0.29) is 40.6 Å². The van der Waals surface area contributed by atoms with E-state index in [2.05, 4.69) is 15.4 Å². The highest BCUT2D eigenvalue weighted by molar-refractivity contribution is 6.12. The van der Waals surface area contributed by atoms with Crippen LogP contribution in [0, 0.1) is 5.82 Å². The minimum absolute atomic E-state index is 0.0161. The molecule has 0 unspecified atom stereocenters. The number of rotatable bonds is 8. The Bertz CT molecular complexity index is 1120. The van der Waals surface area contributed by atoms with Crippen LogP contribution in [0.1, 0.15) is 27.6 Å². The molecular formula is C23H19F3N2O4. The summed E-state index contributed by atoms with van der Waals surface area (Å²) < 4.78 is 48.2. The van der Waals surface area contributed by atoms with E-state index in [4.69, 9.17) is 4.74 Å². The maximum Gasteiger partial charge on any atom is 0.387 e. The van der Waals surface area contributed by atoms with Crippen LogP contribution in [0.15, 0.2) is 66.7 Å². The van der Waals surface area contributed by atoms with Gasteiger partial charge in [0.05, 0.1) is 17.9 Å². The van der Waals surface area contributed by atoms with Crippen LogP contribution in [0.25, 0.3) is 0 Å². The van der Waals surface area contributed by atoms with E-state index >= 15 is 0 Å². The molecule has 0 saturated heterocycles. The number of alkyl halides is 2. The Morgan fingerprint density at radius 1 is 0.906 bits per heavy atom. The van der Waals surface area contributed by atoms with Crippen LogP contribution in [0.2, 0.25) is 0 Å². The third-order valence-corrected chi connectivity index (χ3v) is 4.22. The number of hydrogen-bond donors (Lipinski definition) is 2. The monoisotopic (exact) mass is 444 g/mol. The zero-order valence-electron chi connectivity index (χ0n) is 16.9. The summed E-state index contributed by atoms with van der Waals surface area (Å²) in [6.07, 6.45) is 0. The van der Waals surface area contributed by atoms with Crippen molar-refractivity contribution in [2.45, 2.75) is 13.5 Å². The van der Waals surface area contributed by atoms with Crippen LogP contribution in [-0.4, -0.2) is 25.0 Å². The molecule has 0 saturated carbocycles. The Hall–Kier alpha value is -4.01. The van der Waals surface area contributed by atoms with E-state index in [0.717, 1.165) is 6.07 Å². The molecule has 3 aromatic carbocycles. The van der Waals surface area contributed by atoms with Crippen molar-refractivity contribution in [2.75, 3.05) is 17.2 Å². The van der Waals surface area contributed by atoms with Crippen molar-refractivity contribution < 1.29 is 32.2 Å². The number of carbonyl (C=O) groups is 2. The molecule has 0 spiro atoms. The SMILES string of the molecule is CCOc1cc(C(=O)Nc2ccccc2C(=O)Nc2cccc(F)c2)ccc1OC(F)F. The van der Waals surface area contributed by atoms with E-state index in [1.54, 1.807) is 19.1 Å². The fourth-order valence-electron chi connectivity index (χ4n) is 2.86. The average Bonchev–Trinajstić information content (AvgIpc) is 2.75. The van der Waals surface area contributed by atoms with Crippen molar-refractivity contribution in [2.24, 2.45) is 0 Å². The van der Waals surface area contributed by atoms with Gasteiger partial charge in [0.1, 0.15) is 5.82 Å². The van der Waals surface area contributed by atoms with Crippen LogP contribution in [0.5, 0.6) is 11.5 Å². The molecule has 3 rings (SSSR count). The Kier molecular flexibility index (Phi) is 7.33. The van der Waals surface area contributed by atoms with Crippen LogP contribution in [-0.2, 0) is 0 Å². The Morgan fingerprint density at radius 2 is 1.69 bits per heavy atom. The smallest absolute Gasteiger partial charge is 0.387 e. The van der Waals surface area contributed by atoms with Crippen molar-refractivity contribution >= 4 is 23.2 Å². The highest BCUT2D eigenvalue weighted by Gasteiger charge is 2.17. The second kappa shape index (κ2) is 10.3. The molecule has 0 aliphatic rings. The molecule has 6 nitrogen and oxygen atoms in total. The third-order valence-electron chi connectivity index (χ3n) is 4.22. The number of para-hydroxylation sites is 1. The van der Waals surface area contributed by atoms with Gasteiger partial charge in [0.15, 0.2) is 11.5 Å². The van der Waals surface area contributed by atoms with Gasteiger partial charge >= 0.3 is 6.61 Å². The van der Waals surface area contributed by atoms with Crippen molar-refractivity contribution in [3.8, 4) is 11.5 Å². The number of anilines is 2. The first-order valence-corrected chi connectivity index (χ1v) is 9.56. The van der Waals surface area contributed by atoms with Crippen LogP contribution >= 0.6 is 0 Å². The lowest BCUT2D eigenvalue weighted by Gasteiger charge is -2.14. The van der Waals surface area contributed by atoms with Crippen molar-refractivity contribution in [3.63, 3.8) is 0 Å². The molecule has 9 heteroatoms. The zero-order chi connectivity index (χ0) is 23.1. The van der Waals surface area contributed by atoms with Crippen molar-refractivity contribution in [3.05, 3.63) is 83.7 Å². The summed E-state index contributed by atoms with van der Waals surface area (Å²) in [4.78, 5) is 25.4. The lowest BCUT2D eigenvalue weighted by molar-refractivity contribution is -0.0514. The first-order chi connectivity index (χ1) is 15.4. The predicted molar refractivity (Wildman–Crippen MR) is 113 cm³/mol. The maximum absolute atomic E-state index is 13.4. The third kappa shape index (κ3) is 5.78. The molecule has 0 radical (unpaired) electrons. The minimum Gasteiger partial charge on any atom is -0.490 e. The number of benzene rings is 3. The first-order valence-electron chi connectivity index (χ1n) is 9.56. The molecule has 2 N–H and O–H groups in total. The van der Waals surface area contributed by atoms with Crippen molar-refractivity contribution in [1.29, 1.82) is 0 Å². The van der Waals surface area contributed by atoms with Gasteiger partial charge in [-0.25, -0.2) is 4.39 Å². The van der Waals surface area contributed by atoms with Gasteiger partial charge in [0.2, 0.25) is 0 Å². The highest BCUT2D eigenvalue weighted by Crippen LogP contribution is 2.30. The van der Waals surface area contributed by atoms with Crippen LogP contribution < -0.4 is 20.1 Å². The quantitative estimate of drug-likeness (QED) is 0.492. The number of carbonyl (C=O) groups excluding carboxylic acids is 2. The van der Waals surface area contributed by atoms with Crippen molar-refractivity contribution in [1.82, 2.24) is 0 Å². The fraction of sp³-hybridized carbons (Fsp3) is 0.130. The van der Waals surface area contributed by atoms with Crippen LogP contribution in [0.3, 0.4) is 0 Å². The normalized spacial score (nSPS) is 10.5. The lowest BCUT2D eigenvalue weighted by Crippen LogP contribution is -2.18. The molecular weight excluding hydrogens is 425 g/mol. The van der Waals surface area contributed by atoms with Gasteiger partial charge in [-0.3, -0.25) is 9.59 Å². The van der Waals surface area contributed by atoms with E-state index in [0.29, 0.717) is 0 Å². The van der Waals surface area contributed by atoms with Gasteiger partial charge in [0.25, 0.3) is 11.8 Å². The molecule has 2 amide bonds. The lowest BCUT2D eigenvalue weighted by atomic mass is 10.1. The predicted octanol–water partition coefficient (Wildman–Crippen LogP) is 5.33. The molecule has 0 fully saturated rings. The largest absolute Gasteiger partial charge is 0.490 e. The summed E-state index contributed by atoms with van der Waals surface area (Å²) in [6.45, 7) is -1.21. The number of amides is 2. The number of nitrogens with one attached hydrogen (secondary N) is 2. The standard InChI is InChI=1S/C23H19F3N2O4/c1-2-31-20-12-14(10-11-19(20)32-23(25)26)21(29)28-18-9-4-3-8-17(18)22(30)27-16-7-5-6-15(24)13-16/h3-13,23H,2H2,1H3,(H,27,30)(H,28,29). The summed E-state index contributed by atoms with van der Waals surface area (Å²) in [7, 11) is 0. The summed E-state index contributed by atoms with van der Waals surface area (Å²) in [5.74, 6) is -1.87. The van der Waals surface area contributed by atoms with E-state index in [9.17, 15) is 22.8 Å². The molecule has 32 heavy (non-hydrogen) atoms. The molecule has 3 aromatic rings. The molecule has 0 aromatic heterocycles. The van der Waals surface area contributed by atoms with Gasteiger partial charge < -0.3 is 20.1 Å².